The van der Waals surface area contributed by atoms with E-state index in [0.29, 0.717) is 17.1 Å². The molecule has 0 radical (unpaired) electrons. The first-order valence-corrected chi connectivity index (χ1v) is 8.86. The van der Waals surface area contributed by atoms with Gasteiger partial charge in [-0.1, -0.05) is 17.3 Å². The van der Waals surface area contributed by atoms with Crippen LogP contribution in [0.25, 0.3) is 0 Å². The first kappa shape index (κ1) is 16.5. The summed E-state index contributed by atoms with van der Waals surface area (Å²) in [6, 6.07) is 7.08. The van der Waals surface area contributed by atoms with E-state index in [1.807, 2.05) is 0 Å². The van der Waals surface area contributed by atoms with Crippen LogP contribution in [0.5, 0.6) is 5.75 Å². The minimum absolute atomic E-state index is 0.0295. The highest BCUT2D eigenvalue weighted by molar-refractivity contribution is 7.89. The van der Waals surface area contributed by atoms with Crippen LogP contribution in [0.4, 0.5) is 5.69 Å². The number of anilines is 1. The van der Waals surface area contributed by atoms with E-state index in [2.05, 4.69) is 15.2 Å². The second kappa shape index (κ2) is 6.25. The van der Waals surface area contributed by atoms with Gasteiger partial charge in [-0.3, -0.25) is 4.79 Å². The fourth-order valence-electron chi connectivity index (χ4n) is 2.54. The molecule has 1 aromatic carbocycles. The van der Waals surface area contributed by atoms with Crippen LogP contribution in [0.1, 0.15) is 17.9 Å². The number of sulfonamides is 1. The largest absolute Gasteiger partial charge is 0.478 e. The molecule has 1 amide bonds. The van der Waals surface area contributed by atoms with Crippen LogP contribution in [0.2, 0.25) is 0 Å². The molecule has 24 heavy (non-hydrogen) atoms. The molecule has 0 spiro atoms. The molecule has 1 aliphatic rings. The van der Waals surface area contributed by atoms with Gasteiger partial charge in [-0.15, -0.1) is 0 Å². The van der Waals surface area contributed by atoms with Gasteiger partial charge in [-0.05, 0) is 26.0 Å². The lowest BCUT2D eigenvalue weighted by molar-refractivity contribution is -0.123. The van der Waals surface area contributed by atoms with Crippen molar-refractivity contribution >= 4 is 21.6 Å². The highest BCUT2D eigenvalue weighted by atomic mass is 32.2. The van der Waals surface area contributed by atoms with E-state index in [4.69, 9.17) is 9.26 Å². The van der Waals surface area contributed by atoms with E-state index in [1.54, 1.807) is 31.2 Å². The van der Waals surface area contributed by atoms with Gasteiger partial charge in [-0.2, -0.15) is 0 Å². The molecule has 0 aliphatic carbocycles. The maximum atomic E-state index is 12.3. The van der Waals surface area contributed by atoms with Crippen molar-refractivity contribution in [2.75, 3.05) is 11.9 Å². The standard InChI is InChI=1S/C15H17N3O5S/c1-9-14(10(2)23-18-9)24(20,21)16-8-7-13-15(19)17-11-5-3-4-6-12(11)22-13/h3-6,13,16H,7-8H2,1-2H3,(H,17,19). The summed E-state index contributed by atoms with van der Waals surface area (Å²) in [6.07, 6.45) is -0.560. The molecule has 128 valence electrons. The second-order valence-corrected chi connectivity index (χ2v) is 7.14. The number of ether oxygens (including phenoxy) is 1. The first-order valence-electron chi connectivity index (χ1n) is 7.37. The quantitative estimate of drug-likeness (QED) is 0.841. The summed E-state index contributed by atoms with van der Waals surface area (Å²) in [5, 5.41) is 6.37. The maximum absolute atomic E-state index is 12.3. The molecule has 2 heterocycles. The third-order valence-corrected chi connectivity index (χ3v) is 5.35. The molecule has 9 heteroatoms. The van der Waals surface area contributed by atoms with Gasteiger partial charge in [0.15, 0.2) is 11.9 Å². The van der Waals surface area contributed by atoms with Gasteiger partial charge in [0.2, 0.25) is 10.0 Å². The number of carbonyl (C=O) groups excluding carboxylic acids is 1. The molecule has 1 unspecified atom stereocenters. The van der Waals surface area contributed by atoms with Gasteiger partial charge in [-0.25, -0.2) is 13.1 Å². The molecule has 0 saturated carbocycles. The molecule has 1 atom stereocenters. The smallest absolute Gasteiger partial charge is 0.265 e. The Kier molecular flexibility index (Phi) is 4.29. The molecular weight excluding hydrogens is 334 g/mol. The van der Waals surface area contributed by atoms with E-state index in [0.717, 1.165) is 0 Å². The highest BCUT2D eigenvalue weighted by Gasteiger charge is 2.29. The monoisotopic (exact) mass is 351 g/mol. The summed E-state index contributed by atoms with van der Waals surface area (Å²) in [7, 11) is -3.75. The molecule has 1 aromatic heterocycles. The average molecular weight is 351 g/mol. The Balaban J connectivity index is 1.64. The van der Waals surface area contributed by atoms with Gasteiger partial charge < -0.3 is 14.6 Å². The first-order chi connectivity index (χ1) is 11.4. The number of benzene rings is 1. The fourth-order valence-corrected chi connectivity index (χ4v) is 3.91. The van der Waals surface area contributed by atoms with Crippen LogP contribution in [-0.4, -0.2) is 32.1 Å². The summed E-state index contributed by atoms with van der Waals surface area (Å²) in [6.45, 7) is 3.13. The lowest BCUT2D eigenvalue weighted by Crippen LogP contribution is -2.39. The summed E-state index contributed by atoms with van der Waals surface area (Å²) in [4.78, 5) is 12.0. The summed E-state index contributed by atoms with van der Waals surface area (Å²) >= 11 is 0. The molecule has 2 N–H and O–H groups in total. The average Bonchev–Trinajstić information content (AvgIpc) is 2.87. The van der Waals surface area contributed by atoms with E-state index in [1.165, 1.54) is 6.92 Å². The fraction of sp³-hybridized carbons (Fsp3) is 0.333. The molecule has 0 bridgehead atoms. The minimum atomic E-state index is -3.75. The summed E-state index contributed by atoms with van der Waals surface area (Å²) in [5.41, 5.74) is 0.899. The van der Waals surface area contributed by atoms with Crippen molar-refractivity contribution < 1.29 is 22.5 Å². The normalized spacial score (nSPS) is 17.1. The van der Waals surface area contributed by atoms with Crippen LogP contribution in [0.15, 0.2) is 33.7 Å². The third kappa shape index (κ3) is 3.13. The number of fused-ring (bicyclic) bond motifs is 1. The van der Waals surface area contributed by atoms with Crippen molar-refractivity contribution in [3.8, 4) is 5.75 Å². The number of para-hydroxylation sites is 2. The number of aromatic nitrogens is 1. The number of amides is 1. The van der Waals surface area contributed by atoms with Crippen LogP contribution in [0, 0.1) is 13.8 Å². The van der Waals surface area contributed by atoms with E-state index >= 15 is 0 Å². The van der Waals surface area contributed by atoms with Crippen molar-refractivity contribution in [2.45, 2.75) is 31.3 Å². The van der Waals surface area contributed by atoms with Gasteiger partial charge in [0.05, 0.1) is 5.69 Å². The number of hydrogen-bond donors (Lipinski definition) is 2. The Morgan fingerprint density at radius 2 is 2.04 bits per heavy atom. The third-order valence-electron chi connectivity index (χ3n) is 3.64. The topological polar surface area (TPSA) is 111 Å². The van der Waals surface area contributed by atoms with E-state index in [-0.39, 0.29) is 29.5 Å². The number of carbonyl (C=O) groups is 1. The summed E-state index contributed by atoms with van der Waals surface area (Å²) in [5.74, 6) is 0.488. The number of nitrogens with one attached hydrogen (secondary N) is 2. The maximum Gasteiger partial charge on any atom is 0.265 e. The predicted molar refractivity (Wildman–Crippen MR) is 85.3 cm³/mol. The van der Waals surface area contributed by atoms with Crippen LogP contribution in [0.3, 0.4) is 0 Å². The number of aryl methyl sites for hydroxylation is 2. The van der Waals surface area contributed by atoms with E-state index < -0.39 is 16.1 Å². The lowest BCUT2D eigenvalue weighted by atomic mass is 10.2. The Labute approximate surface area is 139 Å². The van der Waals surface area contributed by atoms with Crippen molar-refractivity contribution in [2.24, 2.45) is 0 Å². The summed E-state index contributed by atoms with van der Waals surface area (Å²) < 4.78 is 37.6. The number of nitrogens with zero attached hydrogens (tertiary/aromatic N) is 1. The van der Waals surface area contributed by atoms with Crippen molar-refractivity contribution in [3.05, 3.63) is 35.7 Å². The molecule has 1 aliphatic heterocycles. The Bertz CT molecular complexity index is 855. The van der Waals surface area contributed by atoms with Crippen molar-refractivity contribution in [1.29, 1.82) is 0 Å². The van der Waals surface area contributed by atoms with Crippen LogP contribution in [-0.2, 0) is 14.8 Å². The molecule has 2 aromatic rings. The van der Waals surface area contributed by atoms with Crippen LogP contribution < -0.4 is 14.8 Å². The van der Waals surface area contributed by atoms with Crippen molar-refractivity contribution in [1.82, 2.24) is 9.88 Å². The zero-order valence-electron chi connectivity index (χ0n) is 13.2. The van der Waals surface area contributed by atoms with E-state index in [9.17, 15) is 13.2 Å². The SMILES string of the molecule is Cc1noc(C)c1S(=O)(=O)NCCC1Oc2ccccc2NC1=O. The molecular formula is C15H17N3O5S. The number of rotatable bonds is 5. The molecule has 8 nitrogen and oxygen atoms in total. The molecule has 3 rings (SSSR count). The van der Waals surface area contributed by atoms with Gasteiger partial charge in [0.1, 0.15) is 16.3 Å². The number of hydrogen-bond acceptors (Lipinski definition) is 6. The lowest BCUT2D eigenvalue weighted by Gasteiger charge is -2.25. The Morgan fingerprint density at radius 1 is 1.29 bits per heavy atom. The Hall–Kier alpha value is -2.39. The minimum Gasteiger partial charge on any atom is -0.478 e. The molecule has 0 fully saturated rings. The zero-order valence-corrected chi connectivity index (χ0v) is 14.0. The second-order valence-electron chi connectivity index (χ2n) is 5.43. The Morgan fingerprint density at radius 3 is 2.75 bits per heavy atom. The van der Waals surface area contributed by atoms with Gasteiger partial charge in [0.25, 0.3) is 5.91 Å². The highest BCUT2D eigenvalue weighted by Crippen LogP contribution is 2.29. The molecule has 0 saturated heterocycles. The van der Waals surface area contributed by atoms with Gasteiger partial charge >= 0.3 is 0 Å². The van der Waals surface area contributed by atoms with Crippen LogP contribution >= 0.6 is 0 Å². The van der Waals surface area contributed by atoms with Crippen molar-refractivity contribution in [3.63, 3.8) is 0 Å². The predicted octanol–water partition coefficient (Wildman–Crippen LogP) is 1.36. The van der Waals surface area contributed by atoms with Gasteiger partial charge in [0, 0.05) is 13.0 Å². The zero-order chi connectivity index (χ0) is 17.3.